The molecule has 1 nitrogen and oxygen atoms in total. The van der Waals surface area contributed by atoms with Gasteiger partial charge in [-0.05, 0) is 43.4 Å². The van der Waals surface area contributed by atoms with Crippen LogP contribution in [0.25, 0.3) is 0 Å². The lowest BCUT2D eigenvalue weighted by atomic mass is 9.87. The van der Waals surface area contributed by atoms with Crippen molar-refractivity contribution in [2.45, 2.75) is 45.1 Å². The third-order valence-electron chi connectivity index (χ3n) is 3.51. The molecule has 2 N–H and O–H groups in total. The Morgan fingerprint density at radius 3 is 2.07 bits per heavy atom. The summed E-state index contributed by atoms with van der Waals surface area (Å²) in [6.07, 6.45) is 4.80. The third-order valence-corrected chi connectivity index (χ3v) is 4.76. The first-order valence-corrected chi connectivity index (χ1v) is 6.38. The van der Waals surface area contributed by atoms with Gasteiger partial charge in [-0.1, -0.05) is 40.9 Å². The molecule has 1 aliphatic carbocycles. The lowest BCUT2D eigenvalue weighted by Crippen LogP contribution is -2.33. The lowest BCUT2D eigenvalue weighted by Gasteiger charge is -2.25. The average Bonchev–Trinajstić information content (AvgIpc) is 2.62. The predicted octanol–water partition coefficient (Wildman–Crippen LogP) is 3.79. The minimum absolute atomic E-state index is 0.0593. The maximum absolute atomic E-state index is 6.45. The minimum atomic E-state index is -0.0593. The number of rotatable bonds is 1. The zero-order valence-corrected chi connectivity index (χ0v) is 11.0. The fraction of sp³-hybridized carbons (Fsp3) is 0.538. The molecule has 0 radical (unpaired) electrons. The van der Waals surface area contributed by atoms with Gasteiger partial charge in [0.05, 0.1) is 0 Å². The van der Waals surface area contributed by atoms with Crippen molar-refractivity contribution in [3.8, 4) is 0 Å². The van der Waals surface area contributed by atoms with Crippen molar-refractivity contribution in [3.63, 3.8) is 0 Å². The van der Waals surface area contributed by atoms with Crippen LogP contribution in [0.1, 0.15) is 42.4 Å². The van der Waals surface area contributed by atoms with Crippen LogP contribution >= 0.6 is 15.9 Å². The van der Waals surface area contributed by atoms with Gasteiger partial charge in [0.1, 0.15) is 0 Å². The van der Waals surface area contributed by atoms with E-state index in [1.807, 2.05) is 0 Å². The number of aryl methyl sites for hydroxylation is 2. The molecular weight excluding hydrogens is 250 g/mol. The van der Waals surface area contributed by atoms with E-state index in [0.29, 0.717) is 0 Å². The molecule has 0 unspecified atom stereocenters. The first-order valence-electron chi connectivity index (χ1n) is 5.59. The molecule has 0 aliphatic heterocycles. The number of nitrogens with two attached hydrogens (primary N) is 1. The molecule has 1 saturated carbocycles. The van der Waals surface area contributed by atoms with Crippen LogP contribution in [0.4, 0.5) is 0 Å². The van der Waals surface area contributed by atoms with E-state index in [9.17, 15) is 0 Å². The van der Waals surface area contributed by atoms with Crippen molar-refractivity contribution < 1.29 is 0 Å². The van der Waals surface area contributed by atoms with Gasteiger partial charge in [-0.15, -0.1) is 0 Å². The predicted molar refractivity (Wildman–Crippen MR) is 67.9 cm³/mol. The Morgan fingerprint density at radius 1 is 1.13 bits per heavy atom. The molecule has 0 amide bonds. The number of hydrogen-bond acceptors (Lipinski definition) is 1. The molecule has 1 aromatic carbocycles. The van der Waals surface area contributed by atoms with E-state index in [4.69, 9.17) is 5.73 Å². The van der Waals surface area contributed by atoms with Gasteiger partial charge < -0.3 is 5.73 Å². The van der Waals surface area contributed by atoms with Crippen molar-refractivity contribution in [2.75, 3.05) is 0 Å². The standard InChI is InChI=1S/C13H18BrN/c1-9-7-11(8-10(2)12(9)14)13(15)5-3-4-6-13/h7-8H,3-6,15H2,1-2H3. The summed E-state index contributed by atoms with van der Waals surface area (Å²) in [5.74, 6) is 0. The van der Waals surface area contributed by atoms with Gasteiger partial charge in [-0.25, -0.2) is 0 Å². The quantitative estimate of drug-likeness (QED) is 0.823. The van der Waals surface area contributed by atoms with Crippen molar-refractivity contribution >= 4 is 15.9 Å². The highest BCUT2D eigenvalue weighted by atomic mass is 79.9. The van der Waals surface area contributed by atoms with E-state index in [2.05, 4.69) is 41.9 Å². The first-order chi connectivity index (χ1) is 7.03. The molecule has 15 heavy (non-hydrogen) atoms. The van der Waals surface area contributed by atoms with Gasteiger partial charge >= 0.3 is 0 Å². The smallest absolute Gasteiger partial charge is 0.0409 e. The van der Waals surface area contributed by atoms with Crippen molar-refractivity contribution in [3.05, 3.63) is 33.3 Å². The van der Waals surface area contributed by atoms with Crippen molar-refractivity contribution in [1.29, 1.82) is 0 Å². The highest BCUT2D eigenvalue weighted by molar-refractivity contribution is 9.10. The molecule has 82 valence electrons. The summed E-state index contributed by atoms with van der Waals surface area (Å²) in [4.78, 5) is 0. The Bertz CT molecular complexity index is 355. The summed E-state index contributed by atoms with van der Waals surface area (Å²) in [6, 6.07) is 4.48. The van der Waals surface area contributed by atoms with E-state index in [-0.39, 0.29) is 5.54 Å². The van der Waals surface area contributed by atoms with E-state index in [1.165, 1.54) is 34.0 Å². The fourth-order valence-electron chi connectivity index (χ4n) is 2.53. The molecule has 0 bridgehead atoms. The summed E-state index contributed by atoms with van der Waals surface area (Å²) >= 11 is 3.60. The molecule has 2 heteroatoms. The summed E-state index contributed by atoms with van der Waals surface area (Å²) < 4.78 is 1.22. The Kier molecular flexibility index (Phi) is 2.91. The van der Waals surface area contributed by atoms with Crippen LogP contribution < -0.4 is 5.73 Å². The van der Waals surface area contributed by atoms with Crippen LogP contribution in [0, 0.1) is 13.8 Å². The van der Waals surface area contributed by atoms with Crippen LogP contribution in [-0.2, 0) is 5.54 Å². The average molecular weight is 268 g/mol. The van der Waals surface area contributed by atoms with Crippen LogP contribution in [-0.4, -0.2) is 0 Å². The summed E-state index contributed by atoms with van der Waals surface area (Å²) in [5, 5.41) is 0. The fourth-order valence-corrected chi connectivity index (χ4v) is 2.76. The molecule has 1 fully saturated rings. The summed E-state index contributed by atoms with van der Waals surface area (Å²) in [7, 11) is 0. The number of halogens is 1. The van der Waals surface area contributed by atoms with Crippen LogP contribution in [0.3, 0.4) is 0 Å². The molecule has 0 spiro atoms. The summed E-state index contributed by atoms with van der Waals surface area (Å²) in [6.45, 7) is 4.28. The zero-order chi connectivity index (χ0) is 11.1. The third kappa shape index (κ3) is 1.98. The molecule has 2 rings (SSSR count). The molecule has 0 saturated heterocycles. The minimum Gasteiger partial charge on any atom is -0.321 e. The maximum atomic E-state index is 6.45. The normalized spacial score (nSPS) is 19.5. The maximum Gasteiger partial charge on any atom is 0.0409 e. The zero-order valence-electron chi connectivity index (χ0n) is 9.44. The highest BCUT2D eigenvalue weighted by Crippen LogP contribution is 2.38. The topological polar surface area (TPSA) is 26.0 Å². The van der Waals surface area contributed by atoms with Crippen LogP contribution in [0.2, 0.25) is 0 Å². The number of benzene rings is 1. The van der Waals surface area contributed by atoms with Gasteiger partial charge in [0.25, 0.3) is 0 Å². The lowest BCUT2D eigenvalue weighted by molar-refractivity contribution is 0.461. The monoisotopic (exact) mass is 267 g/mol. The second kappa shape index (κ2) is 3.91. The van der Waals surface area contributed by atoms with Gasteiger partial charge in [-0.3, -0.25) is 0 Å². The van der Waals surface area contributed by atoms with E-state index < -0.39 is 0 Å². The number of hydrogen-bond donors (Lipinski definition) is 1. The van der Waals surface area contributed by atoms with Crippen LogP contribution in [0.5, 0.6) is 0 Å². The Balaban J connectivity index is 2.45. The van der Waals surface area contributed by atoms with Crippen LogP contribution in [0.15, 0.2) is 16.6 Å². The first kappa shape index (κ1) is 11.2. The second-order valence-corrected chi connectivity index (χ2v) is 5.58. The molecule has 0 aromatic heterocycles. The molecule has 0 atom stereocenters. The Hall–Kier alpha value is -0.340. The molecular formula is C13H18BrN. The molecule has 1 aromatic rings. The van der Waals surface area contributed by atoms with Crippen molar-refractivity contribution in [1.82, 2.24) is 0 Å². The van der Waals surface area contributed by atoms with E-state index >= 15 is 0 Å². The van der Waals surface area contributed by atoms with Gasteiger partial charge in [0.15, 0.2) is 0 Å². The Labute approximate surface area is 100 Å². The Morgan fingerprint density at radius 2 is 1.60 bits per heavy atom. The van der Waals surface area contributed by atoms with Gasteiger partial charge in [-0.2, -0.15) is 0 Å². The van der Waals surface area contributed by atoms with Gasteiger partial charge in [0.2, 0.25) is 0 Å². The highest BCUT2D eigenvalue weighted by Gasteiger charge is 2.31. The molecule has 1 aliphatic rings. The largest absolute Gasteiger partial charge is 0.321 e. The second-order valence-electron chi connectivity index (χ2n) is 4.79. The summed E-state index contributed by atoms with van der Waals surface area (Å²) in [5.41, 5.74) is 10.3. The van der Waals surface area contributed by atoms with E-state index in [0.717, 1.165) is 12.8 Å². The van der Waals surface area contributed by atoms with E-state index in [1.54, 1.807) is 0 Å². The molecule has 0 heterocycles. The van der Waals surface area contributed by atoms with Crippen molar-refractivity contribution in [2.24, 2.45) is 5.73 Å². The van der Waals surface area contributed by atoms with Gasteiger partial charge in [0, 0.05) is 10.0 Å². The SMILES string of the molecule is Cc1cc(C2(N)CCCC2)cc(C)c1Br.